The maximum absolute atomic E-state index is 11.6. The Bertz CT molecular complexity index is 870. The lowest BCUT2D eigenvalue weighted by molar-refractivity contribution is -0.119. The molecule has 1 aliphatic rings. The number of hydrogen-bond donors (Lipinski definition) is 3. The van der Waals surface area contributed by atoms with Crippen molar-refractivity contribution in [1.29, 1.82) is 0 Å². The number of carbonyl (C=O) groups excluding carboxylic acids is 1. The summed E-state index contributed by atoms with van der Waals surface area (Å²) in [7, 11) is 1.87. The molecule has 0 fully saturated rings. The molecule has 29 heavy (non-hydrogen) atoms. The molecule has 0 saturated carbocycles. The molecule has 2 aromatic rings. The van der Waals surface area contributed by atoms with E-state index in [4.69, 9.17) is 21.4 Å². The van der Waals surface area contributed by atoms with Gasteiger partial charge < -0.3 is 25.2 Å². The first kappa shape index (κ1) is 21.2. The highest BCUT2D eigenvalue weighted by atomic mass is 35.5. The quantitative estimate of drug-likeness (QED) is 0.576. The molecule has 3 N–H and O–H groups in total. The van der Waals surface area contributed by atoms with Gasteiger partial charge in [0.25, 0.3) is 0 Å². The second-order valence-corrected chi connectivity index (χ2v) is 7.32. The standard InChI is InChI=1S/C22H25ClN2O4/c1-24-21-7-4-17(23)11-20(21)16-8-9-25(14-27)22(10-16)15-2-5-19(6-3-15)29-13-18(28)12-26/h2-7,10-11,14,18,22,24,26,28H,8-9,12-13H2,1H3. The van der Waals surface area contributed by atoms with Gasteiger partial charge in [-0.3, -0.25) is 4.79 Å². The summed E-state index contributed by atoms with van der Waals surface area (Å²) in [5.74, 6) is 0.589. The topological polar surface area (TPSA) is 82.0 Å². The van der Waals surface area contributed by atoms with Crippen LogP contribution in [0.1, 0.15) is 23.6 Å². The van der Waals surface area contributed by atoms with Crippen LogP contribution in [0, 0.1) is 0 Å². The molecule has 154 valence electrons. The lowest BCUT2D eigenvalue weighted by atomic mass is 9.92. The van der Waals surface area contributed by atoms with E-state index < -0.39 is 6.10 Å². The van der Waals surface area contributed by atoms with E-state index in [9.17, 15) is 9.90 Å². The first-order valence-corrected chi connectivity index (χ1v) is 9.84. The molecule has 1 aliphatic heterocycles. The molecule has 0 spiro atoms. The highest BCUT2D eigenvalue weighted by molar-refractivity contribution is 6.30. The number of ether oxygens (including phenoxy) is 1. The Morgan fingerprint density at radius 3 is 2.72 bits per heavy atom. The molecule has 6 nitrogen and oxygen atoms in total. The average molecular weight is 417 g/mol. The number of amides is 1. The summed E-state index contributed by atoms with van der Waals surface area (Å²) in [5, 5.41) is 22.1. The van der Waals surface area contributed by atoms with E-state index in [1.54, 1.807) is 17.0 Å². The van der Waals surface area contributed by atoms with E-state index in [0.717, 1.165) is 35.2 Å². The monoisotopic (exact) mass is 416 g/mol. The largest absolute Gasteiger partial charge is 0.491 e. The fraction of sp³-hybridized carbons (Fsp3) is 0.318. The van der Waals surface area contributed by atoms with Gasteiger partial charge in [-0.25, -0.2) is 0 Å². The van der Waals surface area contributed by atoms with Crippen molar-refractivity contribution in [3.63, 3.8) is 0 Å². The Balaban J connectivity index is 1.87. The third kappa shape index (κ3) is 5.09. The predicted molar refractivity (Wildman–Crippen MR) is 114 cm³/mol. The lowest BCUT2D eigenvalue weighted by Crippen LogP contribution is -2.30. The van der Waals surface area contributed by atoms with Gasteiger partial charge in [-0.2, -0.15) is 0 Å². The maximum Gasteiger partial charge on any atom is 0.210 e. The summed E-state index contributed by atoms with van der Waals surface area (Å²) >= 11 is 6.21. The fourth-order valence-electron chi connectivity index (χ4n) is 3.40. The van der Waals surface area contributed by atoms with E-state index in [0.29, 0.717) is 17.3 Å². The van der Waals surface area contributed by atoms with E-state index in [-0.39, 0.29) is 19.3 Å². The van der Waals surface area contributed by atoms with Gasteiger partial charge in [-0.1, -0.05) is 29.8 Å². The molecular formula is C22H25ClN2O4. The second kappa shape index (κ2) is 9.78. The van der Waals surface area contributed by atoms with Crippen molar-refractivity contribution < 1.29 is 19.7 Å². The number of benzene rings is 2. The van der Waals surface area contributed by atoms with Crippen LogP contribution in [0.4, 0.5) is 5.69 Å². The van der Waals surface area contributed by atoms with Crippen molar-refractivity contribution in [3.05, 3.63) is 64.7 Å². The second-order valence-electron chi connectivity index (χ2n) is 6.89. The van der Waals surface area contributed by atoms with Gasteiger partial charge in [0.05, 0.1) is 12.6 Å². The number of carbonyl (C=O) groups is 1. The Morgan fingerprint density at radius 2 is 2.07 bits per heavy atom. The number of aliphatic hydroxyl groups is 2. The van der Waals surface area contributed by atoms with Crippen molar-refractivity contribution >= 4 is 29.3 Å². The van der Waals surface area contributed by atoms with Crippen LogP contribution in [0.5, 0.6) is 5.75 Å². The van der Waals surface area contributed by atoms with Crippen LogP contribution < -0.4 is 10.1 Å². The van der Waals surface area contributed by atoms with Crippen LogP contribution in [0.3, 0.4) is 0 Å². The van der Waals surface area contributed by atoms with Gasteiger partial charge in [-0.05, 0) is 47.9 Å². The number of rotatable bonds is 8. The molecule has 0 saturated heterocycles. The Kier molecular flexibility index (Phi) is 7.14. The Labute approximate surface area is 175 Å². The Hall–Kier alpha value is -2.54. The van der Waals surface area contributed by atoms with Crippen LogP contribution in [0.2, 0.25) is 5.02 Å². The summed E-state index contributed by atoms with van der Waals surface area (Å²) in [6, 6.07) is 12.9. The van der Waals surface area contributed by atoms with Crippen molar-refractivity contribution in [1.82, 2.24) is 4.90 Å². The molecule has 0 radical (unpaired) electrons. The van der Waals surface area contributed by atoms with Crippen LogP contribution in [0.25, 0.3) is 5.57 Å². The number of aliphatic hydroxyl groups excluding tert-OH is 2. The predicted octanol–water partition coefficient (Wildman–Crippen LogP) is 3.10. The van der Waals surface area contributed by atoms with Crippen LogP contribution in [-0.4, -0.2) is 54.4 Å². The summed E-state index contributed by atoms with van der Waals surface area (Å²) < 4.78 is 5.46. The first-order valence-electron chi connectivity index (χ1n) is 9.46. The molecule has 2 unspecified atom stereocenters. The average Bonchev–Trinajstić information content (AvgIpc) is 2.77. The van der Waals surface area contributed by atoms with Crippen molar-refractivity contribution in [2.75, 3.05) is 32.1 Å². The van der Waals surface area contributed by atoms with Gasteiger partial charge >= 0.3 is 0 Å². The molecule has 0 aliphatic carbocycles. The molecule has 0 bridgehead atoms. The van der Waals surface area contributed by atoms with Crippen LogP contribution in [0.15, 0.2) is 48.5 Å². The van der Waals surface area contributed by atoms with Crippen molar-refractivity contribution in [2.24, 2.45) is 0 Å². The van der Waals surface area contributed by atoms with E-state index >= 15 is 0 Å². The first-order chi connectivity index (χ1) is 14.0. The number of nitrogens with zero attached hydrogens (tertiary/aromatic N) is 1. The van der Waals surface area contributed by atoms with Gasteiger partial charge in [0, 0.05) is 29.9 Å². The Morgan fingerprint density at radius 1 is 1.31 bits per heavy atom. The third-order valence-electron chi connectivity index (χ3n) is 4.96. The summed E-state index contributed by atoms with van der Waals surface area (Å²) in [6.07, 6.45) is 2.79. The molecule has 1 amide bonds. The van der Waals surface area contributed by atoms with Gasteiger partial charge in [0.2, 0.25) is 6.41 Å². The molecule has 7 heteroatoms. The minimum atomic E-state index is -0.914. The number of anilines is 1. The molecule has 2 aromatic carbocycles. The third-order valence-corrected chi connectivity index (χ3v) is 5.20. The summed E-state index contributed by atoms with van der Waals surface area (Å²) in [4.78, 5) is 13.4. The smallest absolute Gasteiger partial charge is 0.210 e. The number of halogens is 1. The van der Waals surface area contributed by atoms with Gasteiger partial charge in [-0.15, -0.1) is 0 Å². The van der Waals surface area contributed by atoms with Crippen LogP contribution >= 0.6 is 11.6 Å². The lowest BCUT2D eigenvalue weighted by Gasteiger charge is -2.32. The summed E-state index contributed by atoms with van der Waals surface area (Å²) in [6.45, 7) is 0.280. The zero-order valence-electron chi connectivity index (χ0n) is 16.2. The zero-order chi connectivity index (χ0) is 20.8. The van der Waals surface area contributed by atoms with E-state index in [2.05, 4.69) is 11.4 Å². The van der Waals surface area contributed by atoms with E-state index in [1.165, 1.54) is 0 Å². The van der Waals surface area contributed by atoms with Gasteiger partial charge in [0.15, 0.2) is 0 Å². The molecular weight excluding hydrogens is 392 g/mol. The molecule has 3 rings (SSSR count). The number of nitrogens with one attached hydrogen (secondary N) is 1. The van der Waals surface area contributed by atoms with Crippen molar-refractivity contribution in [2.45, 2.75) is 18.6 Å². The highest BCUT2D eigenvalue weighted by Gasteiger charge is 2.24. The number of hydrogen-bond acceptors (Lipinski definition) is 5. The van der Waals surface area contributed by atoms with E-state index in [1.807, 2.05) is 37.4 Å². The normalized spacial score (nSPS) is 17.4. The van der Waals surface area contributed by atoms with Crippen LogP contribution in [-0.2, 0) is 4.79 Å². The zero-order valence-corrected chi connectivity index (χ0v) is 17.0. The van der Waals surface area contributed by atoms with Gasteiger partial charge in [0.1, 0.15) is 18.5 Å². The minimum absolute atomic E-state index is 0.0192. The fourth-order valence-corrected chi connectivity index (χ4v) is 3.57. The summed E-state index contributed by atoms with van der Waals surface area (Å²) in [5.41, 5.74) is 4.11. The molecule has 2 atom stereocenters. The molecule has 0 aromatic heterocycles. The van der Waals surface area contributed by atoms with Crippen molar-refractivity contribution in [3.8, 4) is 5.75 Å². The SMILES string of the molecule is CNc1ccc(Cl)cc1C1=CC(c2ccc(OCC(O)CO)cc2)N(C=O)CC1. The maximum atomic E-state index is 11.6. The molecule has 1 heterocycles. The minimum Gasteiger partial charge on any atom is -0.491 e. The highest BCUT2D eigenvalue weighted by Crippen LogP contribution is 2.36.